The molecule has 2 aliphatic rings. The van der Waals surface area contributed by atoms with E-state index in [9.17, 15) is 0 Å². The maximum atomic E-state index is 5.89. The molecule has 2 fully saturated rings. The summed E-state index contributed by atoms with van der Waals surface area (Å²) in [5, 5.41) is 0. The van der Waals surface area contributed by atoms with E-state index < -0.39 is 0 Å². The van der Waals surface area contributed by atoms with Crippen LogP contribution in [-0.4, -0.2) is 25.9 Å². The van der Waals surface area contributed by atoms with Gasteiger partial charge in [0.05, 0.1) is 6.10 Å². The van der Waals surface area contributed by atoms with Gasteiger partial charge < -0.3 is 9.47 Å². The third-order valence-corrected chi connectivity index (χ3v) is 3.21. The molecule has 0 N–H and O–H groups in total. The fraction of sp³-hybridized carbons (Fsp3) is 1.00. The lowest BCUT2D eigenvalue weighted by atomic mass is 10.0. The van der Waals surface area contributed by atoms with Crippen LogP contribution in [0.5, 0.6) is 0 Å². The normalized spacial score (nSPS) is 26.8. The van der Waals surface area contributed by atoms with E-state index in [1.54, 1.807) is 0 Å². The van der Waals surface area contributed by atoms with Crippen molar-refractivity contribution in [3.05, 3.63) is 0 Å². The Kier molecular flexibility index (Phi) is 3.62. The maximum Gasteiger partial charge on any atom is 0.0575 e. The van der Waals surface area contributed by atoms with Crippen molar-refractivity contribution >= 4 is 0 Å². The van der Waals surface area contributed by atoms with Crippen molar-refractivity contribution in [1.82, 2.24) is 0 Å². The van der Waals surface area contributed by atoms with Crippen LogP contribution in [0.15, 0.2) is 0 Å². The molecule has 1 aliphatic heterocycles. The first-order valence-corrected chi connectivity index (χ1v) is 5.64. The zero-order valence-corrected chi connectivity index (χ0v) is 8.34. The van der Waals surface area contributed by atoms with Crippen molar-refractivity contribution < 1.29 is 9.47 Å². The molecule has 0 amide bonds. The van der Waals surface area contributed by atoms with Gasteiger partial charge in [0.15, 0.2) is 0 Å². The lowest BCUT2D eigenvalue weighted by Crippen LogP contribution is -2.22. The lowest BCUT2D eigenvalue weighted by Gasteiger charge is -2.23. The van der Waals surface area contributed by atoms with Crippen molar-refractivity contribution in [3.63, 3.8) is 0 Å². The van der Waals surface area contributed by atoms with Gasteiger partial charge in [0, 0.05) is 19.8 Å². The van der Waals surface area contributed by atoms with E-state index in [2.05, 4.69) is 0 Å². The minimum Gasteiger partial charge on any atom is -0.381 e. The predicted molar refractivity (Wildman–Crippen MR) is 51.8 cm³/mol. The van der Waals surface area contributed by atoms with Crippen molar-refractivity contribution in [1.29, 1.82) is 0 Å². The predicted octanol–water partition coefficient (Wildman–Crippen LogP) is 2.37. The fourth-order valence-corrected chi connectivity index (χ4v) is 2.24. The molecule has 0 bridgehead atoms. The highest BCUT2D eigenvalue weighted by molar-refractivity contribution is 4.69. The van der Waals surface area contributed by atoms with Crippen LogP contribution < -0.4 is 0 Å². The summed E-state index contributed by atoms with van der Waals surface area (Å²) in [7, 11) is 0. The topological polar surface area (TPSA) is 18.5 Å². The zero-order chi connectivity index (χ0) is 8.93. The van der Waals surface area contributed by atoms with Crippen LogP contribution in [0.25, 0.3) is 0 Å². The molecular formula is C11H20O2. The summed E-state index contributed by atoms with van der Waals surface area (Å²) in [6.07, 6.45) is 8.32. The molecule has 0 aromatic heterocycles. The molecule has 1 aliphatic carbocycles. The Balaban J connectivity index is 1.60. The monoisotopic (exact) mass is 184 g/mol. The maximum absolute atomic E-state index is 5.89. The number of hydrogen-bond donors (Lipinski definition) is 0. The second-order valence-corrected chi connectivity index (χ2v) is 4.30. The molecule has 2 rings (SSSR count). The van der Waals surface area contributed by atoms with Crippen LogP contribution in [-0.2, 0) is 9.47 Å². The van der Waals surface area contributed by atoms with Gasteiger partial charge >= 0.3 is 0 Å². The Morgan fingerprint density at radius 3 is 2.38 bits per heavy atom. The molecule has 1 saturated heterocycles. The summed E-state index contributed by atoms with van der Waals surface area (Å²) in [6, 6.07) is 0. The molecule has 2 nitrogen and oxygen atoms in total. The van der Waals surface area contributed by atoms with E-state index in [0.29, 0.717) is 6.10 Å². The van der Waals surface area contributed by atoms with E-state index in [1.807, 2.05) is 0 Å². The largest absolute Gasteiger partial charge is 0.381 e. The Hall–Kier alpha value is -0.0800. The van der Waals surface area contributed by atoms with Gasteiger partial charge in [-0.3, -0.25) is 0 Å². The van der Waals surface area contributed by atoms with Gasteiger partial charge in [0.1, 0.15) is 0 Å². The van der Waals surface area contributed by atoms with E-state index in [1.165, 1.54) is 38.5 Å². The van der Waals surface area contributed by atoms with E-state index in [0.717, 1.165) is 25.7 Å². The molecule has 0 spiro atoms. The van der Waals surface area contributed by atoms with Gasteiger partial charge in [0.25, 0.3) is 0 Å². The van der Waals surface area contributed by atoms with Crippen LogP contribution in [0.4, 0.5) is 0 Å². The van der Waals surface area contributed by atoms with Gasteiger partial charge in [-0.2, -0.15) is 0 Å². The van der Waals surface area contributed by atoms with Gasteiger partial charge in [-0.25, -0.2) is 0 Å². The van der Waals surface area contributed by atoms with Gasteiger partial charge in [-0.15, -0.1) is 0 Å². The molecule has 13 heavy (non-hydrogen) atoms. The Morgan fingerprint density at radius 2 is 1.69 bits per heavy atom. The highest BCUT2D eigenvalue weighted by atomic mass is 16.5. The molecule has 0 radical (unpaired) electrons. The second kappa shape index (κ2) is 4.97. The lowest BCUT2D eigenvalue weighted by molar-refractivity contribution is -0.00822. The molecule has 1 saturated carbocycles. The third-order valence-electron chi connectivity index (χ3n) is 3.21. The average Bonchev–Trinajstić information content (AvgIpc) is 2.69. The highest BCUT2D eigenvalue weighted by Gasteiger charge is 2.19. The number of hydrogen-bond acceptors (Lipinski definition) is 2. The van der Waals surface area contributed by atoms with Gasteiger partial charge in [-0.05, 0) is 31.6 Å². The molecule has 2 heteroatoms. The highest BCUT2D eigenvalue weighted by Crippen LogP contribution is 2.23. The molecule has 0 aromatic rings. The van der Waals surface area contributed by atoms with E-state index in [4.69, 9.17) is 9.47 Å². The van der Waals surface area contributed by atoms with Crippen LogP contribution >= 0.6 is 0 Å². The summed E-state index contributed by atoms with van der Waals surface area (Å²) < 4.78 is 11.2. The zero-order valence-electron chi connectivity index (χ0n) is 8.34. The first-order chi connectivity index (χ1) is 6.45. The van der Waals surface area contributed by atoms with Crippen molar-refractivity contribution in [2.24, 2.45) is 5.92 Å². The molecule has 1 heterocycles. The average molecular weight is 184 g/mol. The number of ether oxygens (including phenoxy) is 2. The summed E-state index contributed by atoms with van der Waals surface area (Å²) in [5.74, 6) is 0.773. The van der Waals surface area contributed by atoms with Crippen LogP contribution in [0.2, 0.25) is 0 Å². The summed E-state index contributed by atoms with van der Waals surface area (Å²) in [5.41, 5.74) is 0. The van der Waals surface area contributed by atoms with E-state index >= 15 is 0 Å². The Labute approximate surface area is 80.6 Å². The first kappa shape index (κ1) is 9.47. The summed E-state index contributed by atoms with van der Waals surface area (Å²) in [4.78, 5) is 0. The minimum absolute atomic E-state index is 0.586. The Bertz CT molecular complexity index is 135. The number of rotatable bonds is 3. The van der Waals surface area contributed by atoms with Crippen molar-refractivity contribution in [2.45, 2.75) is 44.6 Å². The first-order valence-electron chi connectivity index (χ1n) is 5.64. The fourth-order valence-electron chi connectivity index (χ4n) is 2.24. The van der Waals surface area contributed by atoms with Crippen LogP contribution in [0, 0.1) is 5.92 Å². The summed E-state index contributed by atoms with van der Waals surface area (Å²) >= 11 is 0. The minimum atomic E-state index is 0.586. The van der Waals surface area contributed by atoms with Crippen LogP contribution in [0.3, 0.4) is 0 Å². The van der Waals surface area contributed by atoms with Crippen LogP contribution in [0.1, 0.15) is 38.5 Å². The van der Waals surface area contributed by atoms with Gasteiger partial charge in [0.2, 0.25) is 0 Å². The standard InChI is InChI=1S/C11H20O2/c1-2-4-11(3-1)13-9-10-5-7-12-8-6-10/h10-11H,1-9H2. The van der Waals surface area contributed by atoms with E-state index in [-0.39, 0.29) is 0 Å². The third kappa shape index (κ3) is 2.96. The molecule has 0 aromatic carbocycles. The smallest absolute Gasteiger partial charge is 0.0575 e. The van der Waals surface area contributed by atoms with Gasteiger partial charge in [-0.1, -0.05) is 12.8 Å². The second-order valence-electron chi connectivity index (χ2n) is 4.30. The Morgan fingerprint density at radius 1 is 1.00 bits per heavy atom. The van der Waals surface area contributed by atoms with Crippen molar-refractivity contribution in [2.75, 3.05) is 19.8 Å². The summed E-state index contributed by atoms with van der Waals surface area (Å²) in [6.45, 7) is 2.87. The molecule has 76 valence electrons. The molecule has 0 unspecified atom stereocenters. The molecule has 0 atom stereocenters. The molecular weight excluding hydrogens is 164 g/mol. The quantitative estimate of drug-likeness (QED) is 0.670. The van der Waals surface area contributed by atoms with Crippen molar-refractivity contribution in [3.8, 4) is 0 Å². The SMILES string of the molecule is C1CCC(OCC2CCOCC2)C1.